The van der Waals surface area contributed by atoms with Crippen LogP contribution in [0.2, 0.25) is 0 Å². The average Bonchev–Trinajstić information content (AvgIpc) is 3.29. The number of amides is 1. The number of benzene rings is 2. The van der Waals surface area contributed by atoms with Gasteiger partial charge in [0.1, 0.15) is 11.5 Å². The summed E-state index contributed by atoms with van der Waals surface area (Å²) in [5.74, 6) is 1.84. The van der Waals surface area contributed by atoms with Crippen LogP contribution in [-0.2, 0) is 29.0 Å². The zero-order chi connectivity index (χ0) is 25.9. The monoisotopic (exact) mass is 490 g/mol. The van der Waals surface area contributed by atoms with Gasteiger partial charge in [0, 0.05) is 13.1 Å². The van der Waals surface area contributed by atoms with Gasteiger partial charge in [-0.15, -0.1) is 0 Å². The molecule has 6 nitrogen and oxygen atoms in total. The third-order valence-electron chi connectivity index (χ3n) is 6.14. The third kappa shape index (κ3) is 8.68. The lowest BCUT2D eigenvalue weighted by molar-refractivity contribution is -0.133. The molecule has 0 N–H and O–H groups in total. The standard InChI is InChI=1S/C30H38N2O4/c1-23(2)15-17-31(20-26-11-8-12-27(19-26)30(34)35-4)22-29(33)32(21-28-14-13-24(3)36-28)18-16-25-9-6-5-7-10-25/h5-14,19,23H,15-18,20-22H2,1-4H3. The third-order valence-corrected chi connectivity index (χ3v) is 6.14. The summed E-state index contributed by atoms with van der Waals surface area (Å²) in [4.78, 5) is 29.7. The van der Waals surface area contributed by atoms with Crippen LogP contribution in [0.3, 0.4) is 0 Å². The highest BCUT2D eigenvalue weighted by molar-refractivity contribution is 5.89. The van der Waals surface area contributed by atoms with E-state index in [4.69, 9.17) is 9.15 Å². The molecular formula is C30H38N2O4. The maximum Gasteiger partial charge on any atom is 0.337 e. The van der Waals surface area contributed by atoms with Gasteiger partial charge in [0.15, 0.2) is 0 Å². The van der Waals surface area contributed by atoms with Crippen LogP contribution >= 0.6 is 0 Å². The molecule has 2 aromatic carbocycles. The summed E-state index contributed by atoms with van der Waals surface area (Å²) in [6, 6.07) is 21.5. The van der Waals surface area contributed by atoms with Crippen LogP contribution in [-0.4, -0.2) is 48.4 Å². The highest BCUT2D eigenvalue weighted by atomic mass is 16.5. The predicted molar refractivity (Wildman–Crippen MR) is 142 cm³/mol. The Labute approximate surface area is 214 Å². The van der Waals surface area contributed by atoms with Crippen molar-refractivity contribution in [3.05, 3.63) is 94.9 Å². The molecule has 0 aliphatic carbocycles. The SMILES string of the molecule is COC(=O)c1cccc(CN(CCC(C)C)CC(=O)N(CCc2ccccc2)Cc2ccc(C)o2)c1. The van der Waals surface area contributed by atoms with E-state index >= 15 is 0 Å². The summed E-state index contributed by atoms with van der Waals surface area (Å²) in [6.07, 6.45) is 1.75. The van der Waals surface area contributed by atoms with Gasteiger partial charge in [-0.05, 0) is 67.6 Å². The Bertz CT molecular complexity index is 1110. The second kappa shape index (κ2) is 13.6. The molecule has 6 heteroatoms. The Morgan fingerprint density at radius 2 is 1.67 bits per heavy atom. The number of ether oxygens (including phenoxy) is 1. The molecule has 1 amide bonds. The smallest absolute Gasteiger partial charge is 0.337 e. The van der Waals surface area contributed by atoms with Crippen LogP contribution in [0.1, 0.15) is 53.3 Å². The first-order chi connectivity index (χ1) is 17.3. The number of rotatable bonds is 13. The number of esters is 1. The van der Waals surface area contributed by atoms with Crippen molar-refractivity contribution < 1.29 is 18.7 Å². The van der Waals surface area contributed by atoms with E-state index < -0.39 is 0 Å². The zero-order valence-corrected chi connectivity index (χ0v) is 21.9. The average molecular weight is 491 g/mol. The molecule has 0 radical (unpaired) electrons. The Kier molecular flexibility index (Phi) is 10.3. The van der Waals surface area contributed by atoms with Gasteiger partial charge in [-0.3, -0.25) is 9.69 Å². The van der Waals surface area contributed by atoms with E-state index in [2.05, 4.69) is 30.9 Å². The van der Waals surface area contributed by atoms with Gasteiger partial charge in [-0.25, -0.2) is 4.79 Å². The fraction of sp³-hybridized carbons (Fsp3) is 0.400. The van der Waals surface area contributed by atoms with Gasteiger partial charge in [0.25, 0.3) is 0 Å². The van der Waals surface area contributed by atoms with Crippen molar-refractivity contribution >= 4 is 11.9 Å². The Morgan fingerprint density at radius 3 is 2.33 bits per heavy atom. The number of aryl methyl sites for hydroxylation is 1. The Balaban J connectivity index is 1.75. The van der Waals surface area contributed by atoms with Crippen molar-refractivity contribution in [3.8, 4) is 0 Å². The first-order valence-corrected chi connectivity index (χ1v) is 12.6. The highest BCUT2D eigenvalue weighted by Gasteiger charge is 2.20. The minimum atomic E-state index is -0.359. The molecule has 0 unspecified atom stereocenters. The van der Waals surface area contributed by atoms with Crippen molar-refractivity contribution in [2.75, 3.05) is 26.7 Å². The summed E-state index contributed by atoms with van der Waals surface area (Å²) in [5.41, 5.74) is 2.69. The van der Waals surface area contributed by atoms with Crippen molar-refractivity contribution in [3.63, 3.8) is 0 Å². The van der Waals surface area contributed by atoms with E-state index in [0.717, 1.165) is 36.5 Å². The molecule has 0 atom stereocenters. The number of hydrogen-bond donors (Lipinski definition) is 0. The van der Waals surface area contributed by atoms with Crippen molar-refractivity contribution in [2.24, 2.45) is 5.92 Å². The molecule has 0 aliphatic heterocycles. The zero-order valence-electron chi connectivity index (χ0n) is 21.9. The van der Waals surface area contributed by atoms with Crippen LogP contribution in [0.5, 0.6) is 0 Å². The molecule has 1 heterocycles. The second-order valence-electron chi connectivity index (χ2n) is 9.65. The quantitative estimate of drug-likeness (QED) is 0.296. The van der Waals surface area contributed by atoms with Crippen molar-refractivity contribution in [1.82, 2.24) is 9.80 Å². The molecule has 0 fully saturated rings. The van der Waals surface area contributed by atoms with E-state index in [1.165, 1.54) is 12.7 Å². The fourth-order valence-corrected chi connectivity index (χ4v) is 4.08. The topological polar surface area (TPSA) is 63.0 Å². The minimum absolute atomic E-state index is 0.0628. The van der Waals surface area contributed by atoms with E-state index in [-0.39, 0.29) is 11.9 Å². The van der Waals surface area contributed by atoms with Crippen molar-refractivity contribution in [1.29, 1.82) is 0 Å². The maximum atomic E-state index is 13.6. The van der Waals surface area contributed by atoms with E-state index in [1.807, 2.05) is 60.4 Å². The lowest BCUT2D eigenvalue weighted by Gasteiger charge is -2.28. The molecule has 3 rings (SSSR count). The lowest BCUT2D eigenvalue weighted by atomic mass is 10.1. The lowest BCUT2D eigenvalue weighted by Crippen LogP contribution is -2.41. The van der Waals surface area contributed by atoms with Gasteiger partial charge in [-0.2, -0.15) is 0 Å². The van der Waals surface area contributed by atoms with E-state index in [0.29, 0.717) is 37.7 Å². The molecule has 192 valence electrons. The van der Waals surface area contributed by atoms with Crippen LogP contribution in [0, 0.1) is 12.8 Å². The van der Waals surface area contributed by atoms with Crippen molar-refractivity contribution in [2.45, 2.75) is 46.7 Å². The number of methoxy groups -OCH3 is 1. The Hall–Kier alpha value is -3.38. The molecule has 0 saturated heterocycles. The van der Waals surface area contributed by atoms with Crippen LogP contribution in [0.15, 0.2) is 71.1 Å². The number of furan rings is 1. The fourth-order valence-electron chi connectivity index (χ4n) is 4.08. The first-order valence-electron chi connectivity index (χ1n) is 12.6. The van der Waals surface area contributed by atoms with Crippen LogP contribution < -0.4 is 0 Å². The van der Waals surface area contributed by atoms with Crippen LogP contribution in [0.4, 0.5) is 0 Å². The minimum Gasteiger partial charge on any atom is -0.465 e. The molecule has 1 aromatic heterocycles. The number of carbonyl (C=O) groups is 2. The molecule has 0 saturated carbocycles. The Morgan fingerprint density at radius 1 is 0.917 bits per heavy atom. The largest absolute Gasteiger partial charge is 0.465 e. The summed E-state index contributed by atoms with van der Waals surface area (Å²) in [7, 11) is 1.38. The van der Waals surface area contributed by atoms with Gasteiger partial charge < -0.3 is 14.1 Å². The normalized spacial score (nSPS) is 11.2. The van der Waals surface area contributed by atoms with E-state index in [9.17, 15) is 9.59 Å². The molecule has 0 spiro atoms. The van der Waals surface area contributed by atoms with E-state index in [1.54, 1.807) is 6.07 Å². The maximum absolute atomic E-state index is 13.6. The summed E-state index contributed by atoms with van der Waals surface area (Å²) in [5, 5.41) is 0. The molecule has 0 aliphatic rings. The van der Waals surface area contributed by atoms with Crippen LogP contribution in [0.25, 0.3) is 0 Å². The van der Waals surface area contributed by atoms with Gasteiger partial charge in [0.2, 0.25) is 5.91 Å². The molecular weight excluding hydrogens is 452 g/mol. The number of nitrogens with zero attached hydrogens (tertiary/aromatic N) is 2. The number of carbonyl (C=O) groups excluding carboxylic acids is 2. The number of hydrogen-bond acceptors (Lipinski definition) is 5. The highest BCUT2D eigenvalue weighted by Crippen LogP contribution is 2.15. The second-order valence-corrected chi connectivity index (χ2v) is 9.65. The summed E-state index contributed by atoms with van der Waals surface area (Å²) >= 11 is 0. The molecule has 36 heavy (non-hydrogen) atoms. The predicted octanol–water partition coefficient (Wildman–Crippen LogP) is 5.49. The van der Waals surface area contributed by atoms with Gasteiger partial charge in [0.05, 0.1) is 25.8 Å². The molecule has 3 aromatic rings. The van der Waals surface area contributed by atoms with Gasteiger partial charge in [-0.1, -0.05) is 56.3 Å². The summed E-state index contributed by atoms with van der Waals surface area (Å²) < 4.78 is 10.7. The van der Waals surface area contributed by atoms with Gasteiger partial charge >= 0.3 is 5.97 Å². The molecule has 0 bridgehead atoms. The summed E-state index contributed by atoms with van der Waals surface area (Å²) in [6.45, 7) is 8.99. The first kappa shape index (κ1) is 27.2.